The molecule has 2 N–H and O–H groups in total. The Morgan fingerprint density at radius 3 is 2.68 bits per heavy atom. The zero-order chi connectivity index (χ0) is 19.8. The third kappa shape index (κ3) is 3.45. The van der Waals surface area contributed by atoms with Crippen molar-refractivity contribution in [2.75, 3.05) is 31.1 Å². The maximum Gasteiger partial charge on any atom is 0.329 e. The number of benzene rings is 1. The number of nitrogens with zero attached hydrogens (tertiary/aromatic N) is 4. The molecule has 2 aromatic rings. The first-order valence-electron chi connectivity index (χ1n) is 9.44. The molecule has 28 heavy (non-hydrogen) atoms. The molecule has 2 aliphatic rings. The minimum absolute atomic E-state index is 0.0945. The third-order valence-corrected chi connectivity index (χ3v) is 5.58. The summed E-state index contributed by atoms with van der Waals surface area (Å²) in [6.45, 7) is 1.96. The molecule has 9 heteroatoms. The average molecular weight is 385 g/mol. The first-order valence-corrected chi connectivity index (χ1v) is 9.44. The van der Waals surface area contributed by atoms with Crippen LogP contribution in [0.1, 0.15) is 30.7 Å². The number of aryl methyl sites for hydroxylation is 1. The molecular weight excluding hydrogens is 362 g/mol. The highest BCUT2D eigenvalue weighted by Gasteiger charge is 2.28. The van der Waals surface area contributed by atoms with Crippen molar-refractivity contribution >= 4 is 34.6 Å². The van der Waals surface area contributed by atoms with Gasteiger partial charge in [-0.05, 0) is 49.5 Å². The molecule has 2 fully saturated rings. The predicted molar refractivity (Wildman–Crippen MR) is 102 cm³/mol. The second-order valence-corrected chi connectivity index (χ2v) is 7.42. The van der Waals surface area contributed by atoms with Crippen LogP contribution < -0.4 is 10.2 Å². The van der Waals surface area contributed by atoms with E-state index in [1.807, 2.05) is 18.0 Å². The van der Waals surface area contributed by atoms with Crippen LogP contribution in [0.2, 0.25) is 0 Å². The van der Waals surface area contributed by atoms with E-state index in [1.165, 1.54) is 10.5 Å². The van der Waals surface area contributed by atoms with Crippen LogP contribution in [0.25, 0.3) is 10.9 Å². The Morgan fingerprint density at radius 1 is 1.25 bits per heavy atom. The summed E-state index contributed by atoms with van der Waals surface area (Å²) in [6.07, 6.45) is 2.09. The van der Waals surface area contributed by atoms with Gasteiger partial charge in [0, 0.05) is 25.4 Å². The quantitative estimate of drug-likeness (QED) is 0.821. The fraction of sp³-hybridized carbons (Fsp3) is 0.474. The minimum atomic E-state index is -0.786. The molecule has 0 bridgehead atoms. The molecule has 0 radical (unpaired) electrons. The van der Waals surface area contributed by atoms with E-state index in [4.69, 9.17) is 5.11 Å². The van der Waals surface area contributed by atoms with Crippen LogP contribution in [-0.2, 0) is 16.6 Å². The molecule has 2 aliphatic heterocycles. The number of urea groups is 1. The van der Waals surface area contributed by atoms with E-state index in [1.54, 1.807) is 4.68 Å². The summed E-state index contributed by atoms with van der Waals surface area (Å²) in [7, 11) is 1.85. The number of anilines is 1. The lowest BCUT2D eigenvalue weighted by Crippen LogP contribution is -2.49. The molecule has 4 rings (SSSR count). The molecule has 1 aromatic heterocycles. The van der Waals surface area contributed by atoms with Crippen molar-refractivity contribution in [3.05, 3.63) is 23.8 Å². The van der Waals surface area contributed by atoms with Gasteiger partial charge in [0.25, 0.3) is 0 Å². The van der Waals surface area contributed by atoms with Gasteiger partial charge < -0.3 is 5.11 Å². The molecule has 0 spiro atoms. The van der Waals surface area contributed by atoms with Crippen molar-refractivity contribution in [1.82, 2.24) is 20.0 Å². The van der Waals surface area contributed by atoms with Crippen molar-refractivity contribution in [3.63, 3.8) is 0 Å². The van der Waals surface area contributed by atoms with Crippen molar-refractivity contribution in [3.8, 4) is 0 Å². The Labute approximate surface area is 161 Å². The first-order chi connectivity index (χ1) is 13.4. The number of carboxylic acids is 1. The Morgan fingerprint density at radius 2 is 2.00 bits per heavy atom. The topological polar surface area (TPSA) is 108 Å². The van der Waals surface area contributed by atoms with E-state index in [0.717, 1.165) is 36.8 Å². The number of fused-ring (bicyclic) bond motifs is 1. The highest BCUT2D eigenvalue weighted by atomic mass is 16.4. The zero-order valence-corrected chi connectivity index (χ0v) is 15.7. The SMILES string of the molecule is Cn1nc(N2CCC(=O)NC2=O)c2ccc(C3CCN(CC(=O)O)CC3)cc21. The average Bonchev–Trinajstić information content (AvgIpc) is 2.98. The van der Waals surface area contributed by atoms with E-state index in [0.29, 0.717) is 18.3 Å². The number of carbonyl (C=O) groups is 3. The number of rotatable bonds is 4. The molecule has 148 valence electrons. The van der Waals surface area contributed by atoms with Crippen LogP contribution in [0.15, 0.2) is 18.2 Å². The van der Waals surface area contributed by atoms with Crippen LogP contribution in [0.4, 0.5) is 10.6 Å². The van der Waals surface area contributed by atoms with E-state index >= 15 is 0 Å². The van der Waals surface area contributed by atoms with Crippen molar-refractivity contribution < 1.29 is 19.5 Å². The Kier molecular flexibility index (Phi) is 4.76. The number of amides is 3. The number of aliphatic carboxylic acids is 1. The zero-order valence-electron chi connectivity index (χ0n) is 15.7. The Hall–Kier alpha value is -2.94. The van der Waals surface area contributed by atoms with Crippen molar-refractivity contribution in [1.29, 1.82) is 0 Å². The van der Waals surface area contributed by atoms with Gasteiger partial charge in [-0.1, -0.05) is 6.07 Å². The van der Waals surface area contributed by atoms with E-state index < -0.39 is 12.0 Å². The monoisotopic (exact) mass is 385 g/mol. The molecule has 0 aliphatic carbocycles. The molecular formula is C19H23N5O4. The summed E-state index contributed by atoms with van der Waals surface area (Å²) < 4.78 is 1.76. The molecule has 0 atom stereocenters. The van der Waals surface area contributed by atoms with Gasteiger partial charge >= 0.3 is 12.0 Å². The summed E-state index contributed by atoms with van der Waals surface area (Å²) in [5, 5.41) is 16.7. The largest absolute Gasteiger partial charge is 0.480 e. The molecule has 1 aromatic carbocycles. The second-order valence-electron chi connectivity index (χ2n) is 7.42. The summed E-state index contributed by atoms with van der Waals surface area (Å²) in [4.78, 5) is 37.9. The summed E-state index contributed by atoms with van der Waals surface area (Å²) in [5.41, 5.74) is 2.14. The lowest BCUT2D eigenvalue weighted by Gasteiger charge is -2.31. The highest BCUT2D eigenvalue weighted by molar-refractivity contribution is 6.08. The fourth-order valence-electron chi connectivity index (χ4n) is 4.09. The fourth-order valence-corrected chi connectivity index (χ4v) is 4.09. The van der Waals surface area contributed by atoms with Crippen LogP contribution in [0.5, 0.6) is 0 Å². The van der Waals surface area contributed by atoms with Gasteiger partial charge in [-0.3, -0.25) is 29.4 Å². The molecule has 3 amide bonds. The van der Waals surface area contributed by atoms with Crippen LogP contribution in [0.3, 0.4) is 0 Å². The first kappa shape index (κ1) is 18.4. The van der Waals surface area contributed by atoms with Crippen molar-refractivity contribution in [2.24, 2.45) is 7.05 Å². The number of piperidine rings is 1. The molecule has 9 nitrogen and oxygen atoms in total. The number of carbonyl (C=O) groups excluding carboxylic acids is 2. The summed E-state index contributed by atoms with van der Waals surface area (Å²) in [5.74, 6) is -0.113. The standard InChI is InChI=1S/C19H23N5O4/c1-22-15-10-13(12-4-7-23(8-5-12)11-17(26)27)2-3-14(15)18(21-22)24-9-6-16(25)20-19(24)28/h2-3,10,12H,4-9,11H2,1H3,(H,26,27)(H,20,25,28). The van der Waals surface area contributed by atoms with E-state index in [2.05, 4.69) is 22.5 Å². The maximum absolute atomic E-state index is 12.2. The Bertz CT molecular complexity index is 945. The predicted octanol–water partition coefficient (Wildman–Crippen LogP) is 1.28. The van der Waals surface area contributed by atoms with Gasteiger partial charge in [-0.25, -0.2) is 4.79 Å². The van der Waals surface area contributed by atoms with Gasteiger partial charge in [0.15, 0.2) is 5.82 Å². The maximum atomic E-state index is 12.2. The molecule has 0 unspecified atom stereocenters. The van der Waals surface area contributed by atoms with Gasteiger partial charge in [-0.2, -0.15) is 5.10 Å². The number of carboxylic acid groups (broad SMARTS) is 1. The van der Waals surface area contributed by atoms with Gasteiger partial charge in [0.2, 0.25) is 5.91 Å². The Balaban J connectivity index is 1.56. The number of likely N-dealkylation sites (tertiary alicyclic amines) is 1. The van der Waals surface area contributed by atoms with Crippen molar-refractivity contribution in [2.45, 2.75) is 25.2 Å². The number of aromatic nitrogens is 2. The van der Waals surface area contributed by atoms with E-state index in [9.17, 15) is 14.4 Å². The van der Waals surface area contributed by atoms with Crippen LogP contribution >= 0.6 is 0 Å². The van der Waals surface area contributed by atoms with Gasteiger partial charge in [-0.15, -0.1) is 0 Å². The van der Waals surface area contributed by atoms with Crippen LogP contribution in [-0.4, -0.2) is 63.9 Å². The summed E-state index contributed by atoms with van der Waals surface area (Å²) >= 11 is 0. The number of hydrogen-bond donors (Lipinski definition) is 2. The second kappa shape index (κ2) is 7.23. The third-order valence-electron chi connectivity index (χ3n) is 5.58. The lowest BCUT2D eigenvalue weighted by atomic mass is 9.89. The smallest absolute Gasteiger partial charge is 0.329 e. The minimum Gasteiger partial charge on any atom is -0.480 e. The highest BCUT2D eigenvalue weighted by Crippen LogP contribution is 2.33. The lowest BCUT2D eigenvalue weighted by molar-refractivity contribution is -0.138. The molecule has 2 saturated heterocycles. The normalized spacial score (nSPS) is 19.2. The van der Waals surface area contributed by atoms with Gasteiger partial charge in [0.1, 0.15) is 0 Å². The summed E-state index contributed by atoms with van der Waals surface area (Å²) in [6, 6.07) is 5.72. The number of nitrogens with one attached hydrogen (secondary N) is 1. The molecule has 0 saturated carbocycles. The van der Waals surface area contributed by atoms with E-state index in [-0.39, 0.29) is 18.9 Å². The number of hydrogen-bond acceptors (Lipinski definition) is 5. The number of imide groups is 1. The van der Waals surface area contributed by atoms with Gasteiger partial charge in [0.05, 0.1) is 12.1 Å². The van der Waals surface area contributed by atoms with Crippen LogP contribution in [0, 0.1) is 0 Å². The molecule has 3 heterocycles.